The second-order valence-corrected chi connectivity index (χ2v) is 7.00. The third kappa shape index (κ3) is 13.6. The van der Waals surface area contributed by atoms with Gasteiger partial charge in [-0.2, -0.15) is 0 Å². The first-order chi connectivity index (χ1) is 12.8. The summed E-state index contributed by atoms with van der Waals surface area (Å²) < 4.78 is 5.25. The van der Waals surface area contributed by atoms with Crippen LogP contribution in [0.4, 0.5) is 0 Å². The van der Waals surface area contributed by atoms with Gasteiger partial charge in [0.2, 0.25) is 0 Å². The number of hydrogen-bond donors (Lipinski definition) is 0. The van der Waals surface area contributed by atoms with E-state index in [1.54, 1.807) is 12.4 Å². The average molecular weight is 360 g/mol. The fourth-order valence-electron chi connectivity index (χ4n) is 2.88. The lowest BCUT2D eigenvalue weighted by atomic mass is 10.1. The fourth-order valence-corrected chi connectivity index (χ4v) is 2.88. The van der Waals surface area contributed by atoms with Crippen molar-refractivity contribution in [1.29, 1.82) is 0 Å². The number of carbonyl (C=O) groups is 1. The van der Waals surface area contributed by atoms with E-state index in [1.165, 1.54) is 64.2 Å². The van der Waals surface area contributed by atoms with Gasteiger partial charge in [0.25, 0.3) is 0 Å². The first kappa shape index (κ1) is 22.4. The molecule has 0 aliphatic heterocycles. The molecule has 0 unspecified atom stereocenters. The highest BCUT2D eigenvalue weighted by atomic mass is 16.5. The summed E-state index contributed by atoms with van der Waals surface area (Å²) in [6, 6.07) is 3.77. The van der Waals surface area contributed by atoms with Gasteiger partial charge >= 0.3 is 5.97 Å². The summed E-state index contributed by atoms with van der Waals surface area (Å²) in [4.78, 5) is 15.7. The Labute approximate surface area is 160 Å². The molecule has 146 valence electrons. The standard InChI is InChI=1S/C23H37NO2/c1-2-3-4-5-6-7-8-9-10-11-12-13-14-15-18-23(25)26-21-22-17-16-19-24-20-22/h7-8,16-17,19-20H,2-6,9-15,18,21H2,1H3/b8-7-. The molecule has 1 heterocycles. The lowest BCUT2D eigenvalue weighted by molar-refractivity contribution is -0.145. The van der Waals surface area contributed by atoms with Crippen LogP contribution in [0.15, 0.2) is 36.7 Å². The lowest BCUT2D eigenvalue weighted by Gasteiger charge is -2.04. The minimum atomic E-state index is -0.0991. The van der Waals surface area contributed by atoms with Crippen molar-refractivity contribution >= 4 is 5.97 Å². The van der Waals surface area contributed by atoms with Crippen molar-refractivity contribution in [1.82, 2.24) is 4.98 Å². The first-order valence-electron chi connectivity index (χ1n) is 10.5. The Morgan fingerprint density at radius 3 is 2.27 bits per heavy atom. The average Bonchev–Trinajstić information content (AvgIpc) is 2.67. The van der Waals surface area contributed by atoms with E-state index in [4.69, 9.17) is 4.74 Å². The summed E-state index contributed by atoms with van der Waals surface area (Å²) in [6.07, 6.45) is 23.7. The molecule has 0 atom stereocenters. The predicted molar refractivity (Wildman–Crippen MR) is 109 cm³/mol. The van der Waals surface area contributed by atoms with Crippen LogP contribution in [0.3, 0.4) is 0 Å². The number of nitrogens with zero attached hydrogens (tertiary/aromatic N) is 1. The van der Waals surface area contributed by atoms with E-state index in [0.29, 0.717) is 13.0 Å². The van der Waals surface area contributed by atoms with Crippen molar-refractivity contribution in [3.8, 4) is 0 Å². The molecule has 0 amide bonds. The molecule has 0 bridgehead atoms. The molecule has 0 fully saturated rings. The number of carbonyl (C=O) groups excluding carboxylic acids is 1. The van der Waals surface area contributed by atoms with Gasteiger partial charge in [0.15, 0.2) is 0 Å². The summed E-state index contributed by atoms with van der Waals surface area (Å²) in [5.74, 6) is -0.0991. The monoisotopic (exact) mass is 359 g/mol. The zero-order valence-electron chi connectivity index (χ0n) is 16.6. The van der Waals surface area contributed by atoms with Gasteiger partial charge in [-0.15, -0.1) is 0 Å². The molecular weight excluding hydrogens is 322 g/mol. The summed E-state index contributed by atoms with van der Waals surface area (Å²) in [7, 11) is 0. The normalized spacial score (nSPS) is 11.1. The maximum absolute atomic E-state index is 11.7. The van der Waals surface area contributed by atoms with Gasteiger partial charge in [0.1, 0.15) is 6.61 Å². The molecule has 0 aromatic carbocycles. The molecule has 0 saturated carbocycles. The maximum atomic E-state index is 11.7. The second kappa shape index (κ2) is 16.8. The van der Waals surface area contributed by atoms with Gasteiger partial charge in [0, 0.05) is 24.4 Å². The van der Waals surface area contributed by atoms with Crippen LogP contribution in [0.1, 0.15) is 96.0 Å². The van der Waals surface area contributed by atoms with E-state index in [1.807, 2.05) is 12.1 Å². The number of pyridine rings is 1. The molecule has 0 saturated heterocycles. The van der Waals surface area contributed by atoms with Crippen molar-refractivity contribution < 1.29 is 9.53 Å². The number of rotatable bonds is 16. The molecule has 0 radical (unpaired) electrons. The molecule has 0 N–H and O–H groups in total. The lowest BCUT2D eigenvalue weighted by Crippen LogP contribution is -2.04. The second-order valence-electron chi connectivity index (χ2n) is 7.00. The number of allylic oxidation sites excluding steroid dienone is 2. The molecule has 0 spiro atoms. The summed E-state index contributed by atoms with van der Waals surface area (Å²) in [5.41, 5.74) is 0.941. The van der Waals surface area contributed by atoms with Gasteiger partial charge in [0.05, 0.1) is 0 Å². The fraction of sp³-hybridized carbons (Fsp3) is 0.652. The van der Waals surface area contributed by atoms with Crippen LogP contribution in [-0.2, 0) is 16.1 Å². The predicted octanol–water partition coefficient (Wildman–Crippen LogP) is 6.77. The van der Waals surface area contributed by atoms with E-state index in [9.17, 15) is 4.79 Å². The van der Waals surface area contributed by atoms with Gasteiger partial charge in [-0.25, -0.2) is 0 Å². The Kier molecular flexibility index (Phi) is 14.5. The number of ether oxygens (including phenoxy) is 1. The smallest absolute Gasteiger partial charge is 0.306 e. The minimum Gasteiger partial charge on any atom is -0.461 e. The quantitative estimate of drug-likeness (QED) is 0.186. The summed E-state index contributed by atoms with van der Waals surface area (Å²) >= 11 is 0. The third-order valence-electron chi connectivity index (χ3n) is 4.52. The van der Waals surface area contributed by atoms with Gasteiger partial charge in [-0.3, -0.25) is 9.78 Å². The van der Waals surface area contributed by atoms with E-state index in [2.05, 4.69) is 24.1 Å². The number of unbranched alkanes of at least 4 members (excludes halogenated alkanes) is 10. The molecule has 0 aliphatic rings. The molecule has 1 aromatic rings. The van der Waals surface area contributed by atoms with Crippen molar-refractivity contribution in [2.75, 3.05) is 0 Å². The van der Waals surface area contributed by atoms with Crippen LogP contribution in [0, 0.1) is 0 Å². The van der Waals surface area contributed by atoms with Gasteiger partial charge < -0.3 is 4.74 Å². The Balaban J connectivity index is 1.83. The number of esters is 1. The molecule has 0 aliphatic carbocycles. The van der Waals surface area contributed by atoms with Gasteiger partial charge in [-0.1, -0.05) is 70.1 Å². The Morgan fingerprint density at radius 1 is 0.962 bits per heavy atom. The van der Waals surface area contributed by atoms with Crippen LogP contribution in [0.25, 0.3) is 0 Å². The molecule has 3 nitrogen and oxygen atoms in total. The maximum Gasteiger partial charge on any atom is 0.306 e. The van der Waals surface area contributed by atoms with E-state index < -0.39 is 0 Å². The zero-order valence-corrected chi connectivity index (χ0v) is 16.6. The highest BCUT2D eigenvalue weighted by Gasteiger charge is 2.03. The summed E-state index contributed by atoms with van der Waals surface area (Å²) in [6.45, 7) is 2.59. The molecule has 1 aromatic heterocycles. The van der Waals surface area contributed by atoms with Crippen LogP contribution >= 0.6 is 0 Å². The van der Waals surface area contributed by atoms with Crippen molar-refractivity contribution in [3.63, 3.8) is 0 Å². The largest absolute Gasteiger partial charge is 0.461 e. The van der Waals surface area contributed by atoms with Crippen LogP contribution in [0.5, 0.6) is 0 Å². The van der Waals surface area contributed by atoms with E-state index >= 15 is 0 Å². The topological polar surface area (TPSA) is 39.2 Å². The van der Waals surface area contributed by atoms with Crippen molar-refractivity contribution in [3.05, 3.63) is 42.2 Å². The van der Waals surface area contributed by atoms with Gasteiger partial charge in [-0.05, 0) is 38.2 Å². The Morgan fingerprint density at radius 2 is 1.62 bits per heavy atom. The SMILES string of the molecule is CCCCCC/C=C\CCCCCCCCC(=O)OCc1cccnc1. The molecule has 3 heteroatoms. The molecular formula is C23H37NO2. The van der Waals surface area contributed by atoms with Crippen molar-refractivity contribution in [2.45, 2.75) is 97.0 Å². The minimum absolute atomic E-state index is 0.0991. The zero-order chi connectivity index (χ0) is 18.7. The third-order valence-corrected chi connectivity index (χ3v) is 4.52. The van der Waals surface area contributed by atoms with Crippen LogP contribution in [-0.4, -0.2) is 11.0 Å². The number of aromatic nitrogens is 1. The summed E-state index contributed by atoms with van der Waals surface area (Å²) in [5, 5.41) is 0. The number of hydrogen-bond acceptors (Lipinski definition) is 3. The molecule has 26 heavy (non-hydrogen) atoms. The van der Waals surface area contributed by atoms with E-state index in [-0.39, 0.29) is 5.97 Å². The Bertz CT molecular complexity index is 470. The van der Waals surface area contributed by atoms with Crippen LogP contribution < -0.4 is 0 Å². The van der Waals surface area contributed by atoms with E-state index in [0.717, 1.165) is 18.4 Å². The molecule has 1 rings (SSSR count). The highest BCUT2D eigenvalue weighted by Crippen LogP contribution is 2.10. The highest BCUT2D eigenvalue weighted by molar-refractivity contribution is 5.69. The Hall–Kier alpha value is -1.64. The van der Waals surface area contributed by atoms with Crippen molar-refractivity contribution in [2.24, 2.45) is 0 Å². The van der Waals surface area contributed by atoms with Crippen LogP contribution in [0.2, 0.25) is 0 Å². The first-order valence-corrected chi connectivity index (χ1v) is 10.5.